The summed E-state index contributed by atoms with van der Waals surface area (Å²) in [6, 6.07) is 11.8. The number of nitrogens with zero attached hydrogens (tertiary/aromatic N) is 4. The number of ether oxygens (including phenoxy) is 2. The van der Waals surface area contributed by atoms with Crippen LogP contribution in [0.4, 0.5) is 10.5 Å². The van der Waals surface area contributed by atoms with E-state index in [4.69, 9.17) is 14.6 Å². The van der Waals surface area contributed by atoms with Crippen LogP contribution in [0.5, 0.6) is 11.5 Å². The zero-order valence-electron chi connectivity index (χ0n) is 20.7. The molecule has 0 radical (unpaired) electrons. The number of hydrogen-bond acceptors (Lipinski definition) is 6. The number of amides is 2. The van der Waals surface area contributed by atoms with E-state index in [1.165, 1.54) is 5.01 Å². The predicted octanol–water partition coefficient (Wildman–Crippen LogP) is 3.04. The lowest BCUT2D eigenvalue weighted by Gasteiger charge is -2.23. The maximum Gasteiger partial charge on any atom is 0.337 e. The molecule has 0 unspecified atom stereocenters. The molecule has 0 aliphatic carbocycles. The molecule has 8 nitrogen and oxygen atoms in total. The Morgan fingerprint density at radius 1 is 1.09 bits per heavy atom. The van der Waals surface area contributed by atoms with Gasteiger partial charge in [-0.25, -0.2) is 9.80 Å². The van der Waals surface area contributed by atoms with Gasteiger partial charge in [0, 0.05) is 44.0 Å². The first-order chi connectivity index (χ1) is 15.8. The maximum absolute atomic E-state index is 12.6. The summed E-state index contributed by atoms with van der Waals surface area (Å²) in [7, 11) is 11.1. The molecular weight excluding hydrogens is 418 g/mol. The molecule has 1 heterocycles. The quantitative estimate of drug-likeness (QED) is 0.698. The lowest BCUT2D eigenvalue weighted by atomic mass is 9.94. The number of nitrogens with one attached hydrogen (secondary N) is 1. The second-order valence-electron chi connectivity index (χ2n) is 8.54. The number of likely N-dealkylation sites (N-methyl/N-ethyl adjacent to an activating group) is 2. The zero-order chi connectivity index (χ0) is 24.1. The number of carbonyl (C=O) groups excluding carboxylic acids is 1. The fraction of sp³-hybridized carbons (Fsp3) is 0.440. The van der Waals surface area contributed by atoms with Gasteiger partial charge in [-0.05, 0) is 57.3 Å². The van der Waals surface area contributed by atoms with E-state index in [1.54, 1.807) is 21.3 Å². The van der Waals surface area contributed by atoms with Crippen molar-refractivity contribution in [2.45, 2.75) is 19.4 Å². The minimum Gasteiger partial charge on any atom is -0.493 e. The summed E-state index contributed by atoms with van der Waals surface area (Å²) >= 11 is 0. The number of hydrazone groups is 1. The summed E-state index contributed by atoms with van der Waals surface area (Å²) in [5.74, 6) is 1.29. The summed E-state index contributed by atoms with van der Waals surface area (Å²) in [6.07, 6.45) is 0.640. The fourth-order valence-corrected chi connectivity index (χ4v) is 3.90. The van der Waals surface area contributed by atoms with Gasteiger partial charge in [0.2, 0.25) is 0 Å². The molecule has 0 saturated carbocycles. The second kappa shape index (κ2) is 10.6. The summed E-state index contributed by atoms with van der Waals surface area (Å²) in [6.45, 7) is 3.89. The Labute approximate surface area is 196 Å². The van der Waals surface area contributed by atoms with E-state index in [9.17, 15) is 4.79 Å². The van der Waals surface area contributed by atoms with Crippen molar-refractivity contribution in [2.75, 3.05) is 60.4 Å². The van der Waals surface area contributed by atoms with Crippen LogP contribution in [0.25, 0.3) is 0 Å². The summed E-state index contributed by atoms with van der Waals surface area (Å²) < 4.78 is 11.1. The average molecular weight is 454 g/mol. The molecule has 0 aromatic heterocycles. The van der Waals surface area contributed by atoms with E-state index < -0.39 is 0 Å². The highest BCUT2D eigenvalue weighted by Crippen LogP contribution is 2.34. The molecule has 2 aromatic carbocycles. The summed E-state index contributed by atoms with van der Waals surface area (Å²) in [4.78, 5) is 17.0. The van der Waals surface area contributed by atoms with Crippen molar-refractivity contribution in [1.29, 1.82) is 0 Å². The van der Waals surface area contributed by atoms with Crippen LogP contribution in [-0.2, 0) is 6.42 Å². The average Bonchev–Trinajstić information content (AvgIpc) is 2.96. The van der Waals surface area contributed by atoms with Crippen LogP contribution in [-0.4, -0.2) is 83.2 Å². The molecule has 1 aliphatic heterocycles. The molecule has 3 rings (SSSR count). The van der Waals surface area contributed by atoms with Gasteiger partial charge in [-0.2, -0.15) is 5.10 Å². The number of rotatable bonds is 7. The molecule has 0 fully saturated rings. The highest BCUT2D eigenvalue weighted by molar-refractivity contribution is 6.14. The molecule has 8 heteroatoms. The number of benzene rings is 2. The van der Waals surface area contributed by atoms with Crippen LogP contribution in [0.15, 0.2) is 41.5 Å². The van der Waals surface area contributed by atoms with Crippen molar-refractivity contribution in [3.8, 4) is 11.5 Å². The monoisotopic (exact) mass is 453 g/mol. The fourth-order valence-electron chi connectivity index (χ4n) is 3.90. The third-order valence-corrected chi connectivity index (χ3v) is 5.89. The Morgan fingerprint density at radius 3 is 2.30 bits per heavy atom. The van der Waals surface area contributed by atoms with Crippen LogP contribution >= 0.6 is 0 Å². The molecule has 2 amide bonds. The first-order valence-electron chi connectivity index (χ1n) is 11.1. The van der Waals surface area contributed by atoms with Gasteiger partial charge >= 0.3 is 6.03 Å². The first-order valence-corrected chi connectivity index (χ1v) is 11.1. The van der Waals surface area contributed by atoms with Crippen molar-refractivity contribution in [2.24, 2.45) is 5.10 Å². The van der Waals surface area contributed by atoms with Crippen LogP contribution in [0.2, 0.25) is 0 Å². The van der Waals surface area contributed by atoms with Crippen LogP contribution in [0.1, 0.15) is 23.6 Å². The SMILES string of the molecule is CNC(=O)N1N=C(c2ccc(N(C)CCN(C)C)cc2)c2cc(OC)c(OC)cc2C[C@@H]1C. The Kier molecular flexibility index (Phi) is 7.81. The van der Waals surface area contributed by atoms with Crippen molar-refractivity contribution in [3.63, 3.8) is 0 Å². The Balaban J connectivity index is 2.07. The number of methoxy groups -OCH3 is 2. The number of hydrogen-bond donors (Lipinski definition) is 1. The zero-order valence-corrected chi connectivity index (χ0v) is 20.7. The number of anilines is 1. The topological polar surface area (TPSA) is 69.6 Å². The van der Waals surface area contributed by atoms with Crippen molar-refractivity contribution >= 4 is 17.4 Å². The molecular formula is C25H35N5O3. The van der Waals surface area contributed by atoms with Gasteiger partial charge in [0.15, 0.2) is 11.5 Å². The minimum atomic E-state index is -0.244. The smallest absolute Gasteiger partial charge is 0.337 e. The summed E-state index contributed by atoms with van der Waals surface area (Å²) in [5.41, 5.74) is 4.76. The lowest BCUT2D eigenvalue weighted by molar-refractivity contribution is 0.184. The molecule has 178 valence electrons. The largest absolute Gasteiger partial charge is 0.493 e. The van der Waals surface area contributed by atoms with Crippen molar-refractivity contribution < 1.29 is 14.3 Å². The van der Waals surface area contributed by atoms with E-state index in [0.717, 1.165) is 41.2 Å². The number of fused-ring (bicyclic) bond motifs is 1. The van der Waals surface area contributed by atoms with Gasteiger partial charge in [0.05, 0.1) is 26.0 Å². The number of urea groups is 1. The predicted molar refractivity (Wildman–Crippen MR) is 133 cm³/mol. The van der Waals surface area contributed by atoms with Crippen molar-refractivity contribution in [3.05, 3.63) is 53.1 Å². The van der Waals surface area contributed by atoms with Gasteiger partial charge < -0.3 is 24.6 Å². The van der Waals surface area contributed by atoms with Crippen LogP contribution < -0.4 is 19.7 Å². The van der Waals surface area contributed by atoms with Gasteiger partial charge in [-0.1, -0.05) is 12.1 Å². The molecule has 2 aromatic rings. The normalized spacial score (nSPS) is 15.5. The van der Waals surface area contributed by atoms with Gasteiger partial charge in [0.25, 0.3) is 0 Å². The molecule has 0 bridgehead atoms. The third kappa shape index (κ3) is 5.39. The lowest BCUT2D eigenvalue weighted by Crippen LogP contribution is -2.41. The minimum absolute atomic E-state index is 0.129. The highest BCUT2D eigenvalue weighted by atomic mass is 16.5. The summed E-state index contributed by atoms with van der Waals surface area (Å²) in [5, 5.41) is 9.05. The Bertz CT molecular complexity index is 1000. The van der Waals surface area contributed by atoms with E-state index in [1.807, 2.05) is 19.1 Å². The van der Waals surface area contributed by atoms with Crippen molar-refractivity contribution in [1.82, 2.24) is 15.2 Å². The molecule has 33 heavy (non-hydrogen) atoms. The second-order valence-corrected chi connectivity index (χ2v) is 8.54. The first kappa shape index (κ1) is 24.4. The molecule has 0 spiro atoms. The van der Waals surface area contributed by atoms with E-state index >= 15 is 0 Å². The molecule has 1 aliphatic rings. The van der Waals surface area contributed by atoms with Gasteiger partial charge in [-0.3, -0.25) is 0 Å². The van der Waals surface area contributed by atoms with E-state index in [-0.39, 0.29) is 12.1 Å². The number of carbonyl (C=O) groups is 1. The Hall–Kier alpha value is -3.26. The van der Waals surface area contributed by atoms with Gasteiger partial charge in [0.1, 0.15) is 0 Å². The van der Waals surface area contributed by atoms with E-state index in [0.29, 0.717) is 17.9 Å². The molecule has 1 N–H and O–H groups in total. The molecule has 1 atom stereocenters. The maximum atomic E-state index is 12.6. The van der Waals surface area contributed by atoms with Crippen LogP contribution in [0, 0.1) is 0 Å². The molecule has 0 saturated heterocycles. The van der Waals surface area contributed by atoms with E-state index in [2.05, 4.69) is 60.5 Å². The Morgan fingerprint density at radius 2 is 1.73 bits per heavy atom. The van der Waals surface area contributed by atoms with Gasteiger partial charge in [-0.15, -0.1) is 0 Å². The third-order valence-electron chi connectivity index (χ3n) is 5.89. The van der Waals surface area contributed by atoms with Crippen LogP contribution in [0.3, 0.4) is 0 Å². The standard InChI is InChI=1S/C25H35N5O3/c1-17-14-19-15-22(32-6)23(33-7)16-21(19)24(27-30(17)25(31)26-2)18-8-10-20(11-9-18)29(5)13-12-28(3)4/h8-11,15-17H,12-14H2,1-7H3,(H,26,31)/t17-/m0/s1. The highest BCUT2D eigenvalue weighted by Gasteiger charge is 2.28.